The lowest BCUT2D eigenvalue weighted by atomic mass is 9.95. The van der Waals surface area contributed by atoms with Crippen LogP contribution in [0.4, 0.5) is 18.0 Å². The summed E-state index contributed by atoms with van der Waals surface area (Å²) in [5.41, 5.74) is 0.813. The first-order valence-electron chi connectivity index (χ1n) is 8.60. The minimum atomic E-state index is -0.908. The Kier molecular flexibility index (Phi) is 3.93. The third-order valence-corrected chi connectivity index (χ3v) is 5.73. The number of halogens is 3. The van der Waals surface area contributed by atoms with Gasteiger partial charge in [-0.1, -0.05) is 18.2 Å². The van der Waals surface area contributed by atoms with Crippen LogP contribution in [-0.4, -0.2) is 29.2 Å². The molecule has 1 aliphatic heterocycles. The number of benzene rings is 2. The Morgan fingerprint density at radius 1 is 1.19 bits per heavy atom. The van der Waals surface area contributed by atoms with E-state index in [2.05, 4.69) is 0 Å². The molecule has 2 unspecified atom stereocenters. The molecule has 0 bridgehead atoms. The van der Waals surface area contributed by atoms with Gasteiger partial charge in [-0.3, -0.25) is 0 Å². The lowest BCUT2D eigenvalue weighted by molar-refractivity contribution is 0.153. The van der Waals surface area contributed by atoms with Gasteiger partial charge in [0.25, 0.3) is 0 Å². The van der Waals surface area contributed by atoms with Crippen molar-refractivity contribution in [3.63, 3.8) is 0 Å². The predicted octanol–water partition coefficient (Wildman–Crippen LogP) is 4.70. The van der Waals surface area contributed by atoms with Gasteiger partial charge in [-0.15, -0.1) is 0 Å². The first kappa shape index (κ1) is 16.9. The topological polar surface area (TPSA) is 40.5 Å². The van der Waals surface area contributed by atoms with Gasteiger partial charge in [0.05, 0.1) is 0 Å². The van der Waals surface area contributed by atoms with Crippen LogP contribution in [0.1, 0.15) is 18.4 Å². The maximum Gasteiger partial charge on any atom is 0.407 e. The molecule has 1 N–H and O–H groups in total. The van der Waals surface area contributed by atoms with Crippen LogP contribution in [0.25, 0.3) is 11.1 Å². The largest absolute Gasteiger partial charge is 0.465 e. The van der Waals surface area contributed by atoms with Gasteiger partial charge in [0, 0.05) is 24.7 Å². The molecule has 2 atom stereocenters. The first-order valence-corrected chi connectivity index (χ1v) is 8.60. The van der Waals surface area contributed by atoms with Crippen LogP contribution in [0.3, 0.4) is 0 Å². The molecule has 2 aromatic carbocycles. The second-order valence-corrected chi connectivity index (χ2v) is 7.36. The average molecular weight is 361 g/mol. The molecule has 1 amide bonds. The summed E-state index contributed by atoms with van der Waals surface area (Å²) in [4.78, 5) is 12.5. The third-order valence-electron chi connectivity index (χ3n) is 5.73. The predicted molar refractivity (Wildman–Crippen MR) is 90.2 cm³/mol. The molecule has 1 aliphatic carbocycles. The lowest BCUT2D eigenvalue weighted by Gasteiger charge is -2.13. The van der Waals surface area contributed by atoms with Crippen molar-refractivity contribution in [2.24, 2.45) is 11.3 Å². The molecule has 136 valence electrons. The number of rotatable bonds is 3. The van der Waals surface area contributed by atoms with E-state index in [-0.39, 0.29) is 22.5 Å². The van der Waals surface area contributed by atoms with Crippen molar-refractivity contribution < 1.29 is 23.1 Å². The molecule has 2 fully saturated rings. The number of hydrogen-bond acceptors (Lipinski definition) is 1. The maximum atomic E-state index is 14.9. The fourth-order valence-electron chi connectivity index (χ4n) is 4.21. The SMILES string of the molecule is O=C(O)N1CCC2(CC2Cc2cccc(-c3cc(F)cc(F)c3)c2F)C1. The van der Waals surface area contributed by atoms with Crippen LogP contribution >= 0.6 is 0 Å². The molecule has 1 saturated carbocycles. The van der Waals surface area contributed by atoms with Crippen molar-refractivity contribution in [1.82, 2.24) is 4.90 Å². The molecular formula is C20H18F3NO2. The van der Waals surface area contributed by atoms with Gasteiger partial charge in [-0.05, 0) is 53.9 Å². The normalized spacial score (nSPS) is 24.3. The van der Waals surface area contributed by atoms with E-state index >= 15 is 0 Å². The highest BCUT2D eigenvalue weighted by Gasteiger charge is 2.57. The fourth-order valence-corrected chi connectivity index (χ4v) is 4.21. The molecule has 0 aromatic heterocycles. The third kappa shape index (κ3) is 2.93. The summed E-state index contributed by atoms with van der Waals surface area (Å²) in [6.45, 7) is 1.03. The Morgan fingerprint density at radius 3 is 2.58 bits per heavy atom. The molecule has 6 heteroatoms. The molecule has 1 saturated heterocycles. The van der Waals surface area contributed by atoms with E-state index < -0.39 is 23.5 Å². The summed E-state index contributed by atoms with van der Waals surface area (Å²) in [6, 6.07) is 7.87. The van der Waals surface area contributed by atoms with E-state index in [9.17, 15) is 18.0 Å². The van der Waals surface area contributed by atoms with E-state index in [0.29, 0.717) is 25.1 Å². The molecule has 2 aromatic rings. The van der Waals surface area contributed by atoms with Gasteiger partial charge >= 0.3 is 6.09 Å². The van der Waals surface area contributed by atoms with Crippen molar-refractivity contribution in [1.29, 1.82) is 0 Å². The number of carboxylic acid groups (broad SMARTS) is 1. The number of nitrogens with zero attached hydrogens (tertiary/aromatic N) is 1. The minimum Gasteiger partial charge on any atom is -0.465 e. The zero-order chi connectivity index (χ0) is 18.5. The summed E-state index contributed by atoms with van der Waals surface area (Å²) >= 11 is 0. The monoisotopic (exact) mass is 361 g/mol. The van der Waals surface area contributed by atoms with E-state index in [4.69, 9.17) is 5.11 Å². The average Bonchev–Trinajstić information content (AvgIpc) is 3.03. The fraction of sp³-hybridized carbons (Fsp3) is 0.350. The molecule has 1 heterocycles. The van der Waals surface area contributed by atoms with Crippen molar-refractivity contribution in [3.8, 4) is 11.1 Å². The highest BCUT2D eigenvalue weighted by Crippen LogP contribution is 2.59. The van der Waals surface area contributed by atoms with Gasteiger partial charge in [-0.2, -0.15) is 0 Å². The summed E-state index contributed by atoms with van der Waals surface area (Å²) < 4.78 is 41.8. The summed E-state index contributed by atoms with van der Waals surface area (Å²) in [5, 5.41) is 9.11. The Bertz CT molecular complexity index is 865. The van der Waals surface area contributed by atoms with Crippen LogP contribution in [0.5, 0.6) is 0 Å². The summed E-state index contributed by atoms with van der Waals surface area (Å²) in [7, 11) is 0. The van der Waals surface area contributed by atoms with Crippen LogP contribution in [0.2, 0.25) is 0 Å². The number of amides is 1. The zero-order valence-electron chi connectivity index (χ0n) is 14.0. The Labute approximate surface area is 149 Å². The van der Waals surface area contributed by atoms with Gasteiger partial charge < -0.3 is 10.0 Å². The van der Waals surface area contributed by atoms with E-state index in [0.717, 1.165) is 31.0 Å². The molecule has 4 rings (SSSR count). The molecule has 0 radical (unpaired) electrons. The van der Waals surface area contributed by atoms with Crippen LogP contribution < -0.4 is 0 Å². The Morgan fingerprint density at radius 2 is 1.92 bits per heavy atom. The van der Waals surface area contributed by atoms with Gasteiger partial charge in [0.2, 0.25) is 0 Å². The summed E-state index contributed by atoms with van der Waals surface area (Å²) in [6.07, 6.45) is 1.29. The molecule has 26 heavy (non-hydrogen) atoms. The van der Waals surface area contributed by atoms with Gasteiger partial charge in [0.15, 0.2) is 0 Å². The maximum absolute atomic E-state index is 14.9. The van der Waals surface area contributed by atoms with Crippen molar-refractivity contribution >= 4 is 6.09 Å². The highest BCUT2D eigenvalue weighted by molar-refractivity contribution is 5.66. The smallest absolute Gasteiger partial charge is 0.407 e. The van der Waals surface area contributed by atoms with Gasteiger partial charge in [-0.25, -0.2) is 18.0 Å². The van der Waals surface area contributed by atoms with Crippen molar-refractivity contribution in [2.75, 3.05) is 13.1 Å². The van der Waals surface area contributed by atoms with Crippen LogP contribution in [0, 0.1) is 28.8 Å². The van der Waals surface area contributed by atoms with Crippen molar-refractivity contribution in [2.45, 2.75) is 19.3 Å². The minimum absolute atomic E-state index is 0.0359. The zero-order valence-corrected chi connectivity index (χ0v) is 14.0. The lowest BCUT2D eigenvalue weighted by Crippen LogP contribution is -2.27. The first-order chi connectivity index (χ1) is 12.4. The molecule has 3 nitrogen and oxygen atoms in total. The number of hydrogen-bond donors (Lipinski definition) is 1. The number of likely N-dealkylation sites (tertiary alicyclic amines) is 1. The van der Waals surface area contributed by atoms with E-state index in [1.54, 1.807) is 12.1 Å². The molecule has 1 spiro atoms. The van der Waals surface area contributed by atoms with Gasteiger partial charge in [0.1, 0.15) is 17.5 Å². The number of carbonyl (C=O) groups is 1. The van der Waals surface area contributed by atoms with Crippen LogP contribution in [0.15, 0.2) is 36.4 Å². The van der Waals surface area contributed by atoms with Crippen molar-refractivity contribution in [3.05, 3.63) is 59.4 Å². The second kappa shape index (κ2) is 6.04. The highest BCUT2D eigenvalue weighted by atomic mass is 19.1. The van der Waals surface area contributed by atoms with E-state index in [1.807, 2.05) is 0 Å². The van der Waals surface area contributed by atoms with Crippen LogP contribution in [-0.2, 0) is 6.42 Å². The Balaban J connectivity index is 1.55. The second-order valence-electron chi connectivity index (χ2n) is 7.36. The Hall–Kier alpha value is -2.50. The molecule has 2 aliphatic rings. The quantitative estimate of drug-likeness (QED) is 0.861. The standard InChI is InChI=1S/C20H18F3NO2/c21-15-7-13(8-16(22)9-15)17-3-1-2-12(18(17)23)6-14-10-20(14)4-5-24(11-20)19(25)26/h1-3,7-9,14H,4-6,10-11H2,(H,25,26). The molecular weight excluding hydrogens is 343 g/mol. The van der Waals surface area contributed by atoms with E-state index in [1.165, 1.54) is 11.0 Å². The summed E-state index contributed by atoms with van der Waals surface area (Å²) in [5.74, 6) is -1.72.